The summed E-state index contributed by atoms with van der Waals surface area (Å²) in [4.78, 5) is 37.9. The van der Waals surface area contributed by atoms with E-state index >= 15 is 8.78 Å². The van der Waals surface area contributed by atoms with Crippen LogP contribution in [-0.4, -0.2) is 90.0 Å². The molecule has 0 amide bonds. The zero-order chi connectivity index (χ0) is 30.0. The quantitative estimate of drug-likeness (QED) is 0.325. The van der Waals surface area contributed by atoms with E-state index in [9.17, 15) is 14.0 Å². The predicted octanol–water partition coefficient (Wildman–Crippen LogP) is 3.62. The number of alkyl halides is 2. The number of nitrogens with zero attached hydrogens (tertiary/aromatic N) is 4. The van der Waals surface area contributed by atoms with Crippen molar-refractivity contribution < 1.29 is 32.2 Å². The SMILES string of the molecule is C=CCOC(=O)CN1CC[C@H]2[C@@H]1C(F)(F)CN2CC1=C(C(=O)OCC)[C@H](c2cccc(F)c2C)N=C(c2nccs2)N1. The number of carbonyl (C=O) groups is 2. The van der Waals surface area contributed by atoms with Crippen LogP contribution >= 0.6 is 11.3 Å². The number of esters is 2. The second-order valence-electron chi connectivity index (χ2n) is 10.3. The topological polar surface area (TPSA) is 96.4 Å². The molecule has 3 aliphatic heterocycles. The Morgan fingerprint density at radius 1 is 1.29 bits per heavy atom. The van der Waals surface area contributed by atoms with E-state index in [0.29, 0.717) is 40.6 Å². The maximum absolute atomic E-state index is 15.5. The number of halogens is 3. The Hall–Kier alpha value is -3.55. The third kappa shape index (κ3) is 5.86. The number of benzene rings is 1. The molecule has 0 bridgehead atoms. The first-order chi connectivity index (χ1) is 20.1. The van der Waals surface area contributed by atoms with Crippen molar-refractivity contribution >= 4 is 29.1 Å². The highest BCUT2D eigenvalue weighted by atomic mass is 32.1. The van der Waals surface area contributed by atoms with Gasteiger partial charge in [0.05, 0.1) is 31.3 Å². The molecule has 1 N–H and O–H groups in total. The molecule has 0 aliphatic carbocycles. The lowest BCUT2D eigenvalue weighted by atomic mass is 9.92. The number of thiazole rings is 1. The molecular formula is C29H32F3N5O4S. The molecule has 4 heterocycles. The molecular weight excluding hydrogens is 571 g/mol. The number of rotatable bonds is 10. The van der Waals surface area contributed by atoms with Crippen molar-refractivity contribution in [2.75, 3.05) is 39.4 Å². The molecule has 2 aromatic rings. The Balaban J connectivity index is 1.51. The van der Waals surface area contributed by atoms with E-state index in [4.69, 9.17) is 14.5 Å². The summed E-state index contributed by atoms with van der Waals surface area (Å²) < 4.78 is 56.2. The fraction of sp³-hybridized carbons (Fsp3) is 0.448. The minimum atomic E-state index is -3.12. The first-order valence-electron chi connectivity index (χ1n) is 13.7. The van der Waals surface area contributed by atoms with Crippen LogP contribution in [0.2, 0.25) is 0 Å². The molecule has 0 spiro atoms. The number of hydrogen-bond acceptors (Lipinski definition) is 10. The summed E-state index contributed by atoms with van der Waals surface area (Å²) >= 11 is 1.32. The van der Waals surface area contributed by atoms with Crippen molar-refractivity contribution in [3.63, 3.8) is 0 Å². The predicted molar refractivity (Wildman–Crippen MR) is 151 cm³/mol. The van der Waals surface area contributed by atoms with Crippen molar-refractivity contribution in [3.8, 4) is 0 Å². The average Bonchev–Trinajstić information content (AvgIpc) is 3.68. The second-order valence-corrected chi connectivity index (χ2v) is 11.2. The van der Waals surface area contributed by atoms with E-state index in [1.807, 2.05) is 0 Å². The maximum atomic E-state index is 15.5. The number of nitrogens with one attached hydrogen (secondary N) is 1. The highest BCUT2D eigenvalue weighted by Gasteiger charge is 2.59. The Bertz CT molecular complexity index is 1410. The third-order valence-electron chi connectivity index (χ3n) is 7.70. The largest absolute Gasteiger partial charge is 0.463 e. The van der Waals surface area contributed by atoms with E-state index in [1.54, 1.807) is 42.5 Å². The Morgan fingerprint density at radius 3 is 2.81 bits per heavy atom. The number of ether oxygens (including phenoxy) is 2. The highest BCUT2D eigenvalue weighted by molar-refractivity contribution is 7.11. The van der Waals surface area contributed by atoms with Gasteiger partial charge in [0, 0.05) is 36.4 Å². The number of aliphatic imine (C=N–C) groups is 1. The van der Waals surface area contributed by atoms with Gasteiger partial charge < -0.3 is 14.8 Å². The molecule has 3 atom stereocenters. The van der Waals surface area contributed by atoms with Crippen LogP contribution in [0.25, 0.3) is 0 Å². The third-order valence-corrected chi connectivity index (χ3v) is 8.48. The van der Waals surface area contributed by atoms with E-state index in [1.165, 1.54) is 28.4 Å². The van der Waals surface area contributed by atoms with Crippen molar-refractivity contribution in [1.29, 1.82) is 0 Å². The van der Waals surface area contributed by atoms with Gasteiger partial charge in [-0.1, -0.05) is 24.8 Å². The summed E-state index contributed by atoms with van der Waals surface area (Å²) in [5.41, 5.74) is 1.24. The summed E-state index contributed by atoms with van der Waals surface area (Å²) in [6, 6.07) is 1.83. The fourth-order valence-electron chi connectivity index (χ4n) is 5.93. The zero-order valence-corrected chi connectivity index (χ0v) is 24.1. The zero-order valence-electron chi connectivity index (χ0n) is 23.3. The van der Waals surface area contributed by atoms with Gasteiger partial charge in [0.2, 0.25) is 0 Å². The Labute approximate surface area is 245 Å². The van der Waals surface area contributed by atoms with Gasteiger partial charge in [-0.15, -0.1) is 11.3 Å². The first-order valence-corrected chi connectivity index (χ1v) is 14.5. The number of likely N-dealkylation sites (tertiary alicyclic amines) is 2. The van der Waals surface area contributed by atoms with Crippen LogP contribution in [0, 0.1) is 12.7 Å². The molecule has 1 aromatic heterocycles. The molecule has 5 rings (SSSR count). The number of amidine groups is 1. The number of hydrogen-bond donors (Lipinski definition) is 1. The average molecular weight is 604 g/mol. The van der Waals surface area contributed by atoms with E-state index in [0.717, 1.165) is 0 Å². The van der Waals surface area contributed by atoms with Gasteiger partial charge in [-0.25, -0.2) is 22.9 Å². The van der Waals surface area contributed by atoms with Crippen LogP contribution < -0.4 is 5.32 Å². The van der Waals surface area contributed by atoms with Gasteiger partial charge in [0.1, 0.15) is 18.5 Å². The molecule has 2 saturated heterocycles. The lowest BCUT2D eigenvalue weighted by Gasteiger charge is -2.31. The van der Waals surface area contributed by atoms with Crippen LogP contribution in [0.3, 0.4) is 0 Å². The highest BCUT2D eigenvalue weighted by Crippen LogP contribution is 2.43. The standard InChI is InChI=1S/C29H32F3N5O4S/c1-4-12-41-22(38)15-36-11-9-21-25(36)29(31,32)16-37(21)14-20-23(28(39)40-5-2)24(18-7-6-8-19(30)17(18)3)35-26(34-20)27-33-10-13-42-27/h4,6-8,10,13,21,24-25H,1,5,9,11-12,14-16H2,2-3H3,(H,34,35)/t21-,24-,25+/m0/s1. The monoisotopic (exact) mass is 603 g/mol. The van der Waals surface area contributed by atoms with Gasteiger partial charge >= 0.3 is 11.9 Å². The van der Waals surface area contributed by atoms with Gasteiger partial charge in [-0.05, 0) is 37.5 Å². The molecule has 2 fully saturated rings. The smallest absolute Gasteiger partial charge is 0.338 e. The van der Waals surface area contributed by atoms with Crippen LogP contribution in [0.1, 0.15) is 35.5 Å². The van der Waals surface area contributed by atoms with Gasteiger partial charge in [-0.2, -0.15) is 0 Å². The van der Waals surface area contributed by atoms with Crippen LogP contribution in [-0.2, 0) is 19.1 Å². The van der Waals surface area contributed by atoms with Crippen molar-refractivity contribution in [2.45, 2.75) is 44.3 Å². The minimum absolute atomic E-state index is 0.00862. The molecule has 0 radical (unpaired) electrons. The van der Waals surface area contributed by atoms with Crippen molar-refractivity contribution in [3.05, 3.63) is 75.7 Å². The number of fused-ring (bicyclic) bond motifs is 1. The summed E-state index contributed by atoms with van der Waals surface area (Å²) in [7, 11) is 0. The van der Waals surface area contributed by atoms with Gasteiger partial charge in [-0.3, -0.25) is 19.6 Å². The fourth-order valence-corrected chi connectivity index (χ4v) is 6.52. The summed E-state index contributed by atoms with van der Waals surface area (Å²) in [6.07, 6.45) is 3.43. The molecule has 13 heteroatoms. The van der Waals surface area contributed by atoms with Gasteiger partial charge in [0.15, 0.2) is 10.8 Å². The Morgan fingerprint density at radius 2 is 2.10 bits per heavy atom. The first kappa shape index (κ1) is 29.9. The number of aromatic nitrogens is 1. The van der Waals surface area contributed by atoms with E-state index in [-0.39, 0.29) is 31.9 Å². The van der Waals surface area contributed by atoms with Crippen LogP contribution in [0.15, 0.2) is 58.7 Å². The number of carbonyl (C=O) groups excluding carboxylic acids is 2. The molecule has 0 saturated carbocycles. The minimum Gasteiger partial charge on any atom is -0.463 e. The van der Waals surface area contributed by atoms with Crippen LogP contribution in [0.4, 0.5) is 13.2 Å². The second kappa shape index (κ2) is 12.4. The normalized spacial score (nSPS) is 23.7. The summed E-state index contributed by atoms with van der Waals surface area (Å²) in [5.74, 6) is -4.49. The van der Waals surface area contributed by atoms with E-state index < -0.39 is 48.3 Å². The van der Waals surface area contributed by atoms with Crippen molar-refractivity contribution in [2.24, 2.45) is 4.99 Å². The molecule has 224 valence electrons. The molecule has 1 aromatic carbocycles. The Kier molecular flexibility index (Phi) is 8.81. The molecule has 3 aliphatic rings. The van der Waals surface area contributed by atoms with Gasteiger partial charge in [0.25, 0.3) is 5.92 Å². The molecule has 42 heavy (non-hydrogen) atoms. The lowest BCUT2D eigenvalue weighted by Crippen LogP contribution is -2.47. The maximum Gasteiger partial charge on any atom is 0.338 e. The molecule has 9 nitrogen and oxygen atoms in total. The summed E-state index contributed by atoms with van der Waals surface area (Å²) in [6.45, 7) is 6.27. The molecule has 0 unspecified atom stereocenters. The van der Waals surface area contributed by atoms with Crippen LogP contribution in [0.5, 0.6) is 0 Å². The lowest BCUT2D eigenvalue weighted by molar-refractivity contribution is -0.145. The van der Waals surface area contributed by atoms with Crippen molar-refractivity contribution in [1.82, 2.24) is 20.1 Å². The van der Waals surface area contributed by atoms with E-state index in [2.05, 4.69) is 16.9 Å². The summed E-state index contributed by atoms with van der Waals surface area (Å²) in [5, 5.41) is 5.48.